The first-order valence-electron chi connectivity index (χ1n) is 5.86. The van der Waals surface area contributed by atoms with Crippen LogP contribution in [0.5, 0.6) is 0 Å². The van der Waals surface area contributed by atoms with Crippen LogP contribution in [0.3, 0.4) is 0 Å². The van der Waals surface area contributed by atoms with Crippen LogP contribution >= 0.6 is 0 Å². The molecule has 0 saturated carbocycles. The molecular weight excluding hydrogens is 258 g/mol. The second-order valence-corrected chi connectivity index (χ2v) is 4.05. The molecule has 7 nitrogen and oxygen atoms in total. The van der Waals surface area contributed by atoms with E-state index >= 15 is 0 Å². The third-order valence-electron chi connectivity index (χ3n) is 2.54. The first-order valence-corrected chi connectivity index (χ1v) is 5.86. The van der Waals surface area contributed by atoms with Crippen LogP contribution in [0.15, 0.2) is 18.2 Å². The number of aryl methyl sites for hydroxylation is 2. The van der Waals surface area contributed by atoms with Crippen molar-refractivity contribution in [1.82, 2.24) is 20.2 Å². The molecule has 1 heterocycles. The summed E-state index contributed by atoms with van der Waals surface area (Å²) in [6, 6.07) is 5.13. The number of carbonyl (C=O) groups excluding carboxylic acids is 1. The summed E-state index contributed by atoms with van der Waals surface area (Å²) in [5.74, 6) is 5.16. The molecule has 0 atom stereocenters. The Morgan fingerprint density at radius 2 is 2.30 bits per heavy atom. The number of aromatic nitrogens is 4. The topological polar surface area (TPSA) is 92.9 Å². The number of tetrazole rings is 1. The molecule has 0 aliphatic carbocycles. The Morgan fingerprint density at radius 1 is 1.50 bits per heavy atom. The molecular formula is C13H13N5O2. The average molecular weight is 271 g/mol. The van der Waals surface area contributed by atoms with Crippen LogP contribution in [0.25, 0.3) is 0 Å². The molecule has 102 valence electrons. The minimum absolute atomic E-state index is 0.140. The van der Waals surface area contributed by atoms with E-state index < -0.39 is 0 Å². The maximum Gasteiger partial charge on any atom is 0.270 e. The lowest BCUT2D eigenvalue weighted by molar-refractivity contribution is 0.102. The lowest BCUT2D eigenvalue weighted by atomic mass is 10.0. The molecule has 1 amide bonds. The summed E-state index contributed by atoms with van der Waals surface area (Å²) in [5.41, 5.74) is 2.06. The zero-order valence-corrected chi connectivity index (χ0v) is 11.1. The van der Waals surface area contributed by atoms with E-state index in [1.54, 1.807) is 25.2 Å². The van der Waals surface area contributed by atoms with Gasteiger partial charge in [0.15, 0.2) is 0 Å². The van der Waals surface area contributed by atoms with Crippen LogP contribution < -0.4 is 5.32 Å². The molecule has 2 rings (SSSR count). The smallest absolute Gasteiger partial charge is 0.270 e. The van der Waals surface area contributed by atoms with E-state index in [-0.39, 0.29) is 18.5 Å². The third-order valence-corrected chi connectivity index (χ3v) is 2.54. The van der Waals surface area contributed by atoms with E-state index in [1.807, 2.05) is 6.92 Å². The van der Waals surface area contributed by atoms with Gasteiger partial charge in [-0.15, -0.1) is 5.10 Å². The van der Waals surface area contributed by atoms with Crippen molar-refractivity contribution in [3.63, 3.8) is 0 Å². The Morgan fingerprint density at radius 3 is 2.95 bits per heavy atom. The maximum absolute atomic E-state index is 12.0. The molecule has 0 aliphatic heterocycles. The monoisotopic (exact) mass is 271 g/mol. The second-order valence-electron chi connectivity index (χ2n) is 4.05. The van der Waals surface area contributed by atoms with Crippen molar-refractivity contribution in [3.05, 3.63) is 34.9 Å². The number of rotatable bonds is 2. The average Bonchev–Trinajstić information content (AvgIpc) is 2.83. The number of nitrogens with one attached hydrogen (secondary N) is 1. The Bertz CT molecular complexity index is 696. The van der Waals surface area contributed by atoms with Crippen molar-refractivity contribution < 1.29 is 9.90 Å². The van der Waals surface area contributed by atoms with Gasteiger partial charge in [-0.2, -0.15) is 4.80 Å². The number of benzene rings is 1. The van der Waals surface area contributed by atoms with Gasteiger partial charge in [0.2, 0.25) is 0 Å². The molecule has 7 heteroatoms. The lowest BCUT2D eigenvalue weighted by Gasteiger charge is -2.03. The normalized spacial score (nSPS) is 9.75. The van der Waals surface area contributed by atoms with Crippen LogP contribution in [0.2, 0.25) is 0 Å². The predicted octanol–water partition coefficient (Wildman–Crippen LogP) is 0.115. The molecule has 2 N–H and O–H groups in total. The molecule has 0 unspecified atom stereocenters. The van der Waals surface area contributed by atoms with Crippen molar-refractivity contribution in [2.45, 2.75) is 6.92 Å². The molecule has 1 aromatic heterocycles. The lowest BCUT2D eigenvalue weighted by Crippen LogP contribution is -2.13. The van der Waals surface area contributed by atoms with Crippen molar-refractivity contribution in [2.24, 2.45) is 7.05 Å². The van der Waals surface area contributed by atoms with Crippen molar-refractivity contribution in [1.29, 1.82) is 0 Å². The molecule has 2 aromatic rings. The highest BCUT2D eigenvalue weighted by Crippen LogP contribution is 2.11. The fourth-order valence-electron chi connectivity index (χ4n) is 1.54. The first-order chi connectivity index (χ1) is 9.60. The van der Waals surface area contributed by atoms with Gasteiger partial charge >= 0.3 is 0 Å². The van der Waals surface area contributed by atoms with Gasteiger partial charge in [-0.3, -0.25) is 10.1 Å². The van der Waals surface area contributed by atoms with E-state index in [0.717, 1.165) is 5.56 Å². The van der Waals surface area contributed by atoms with Gasteiger partial charge in [-0.25, -0.2) is 0 Å². The van der Waals surface area contributed by atoms with Gasteiger partial charge in [0.25, 0.3) is 11.9 Å². The highest BCUT2D eigenvalue weighted by molar-refractivity contribution is 6.03. The quantitative estimate of drug-likeness (QED) is 0.756. The summed E-state index contributed by atoms with van der Waals surface area (Å²) < 4.78 is 0. The summed E-state index contributed by atoms with van der Waals surface area (Å²) in [4.78, 5) is 13.3. The number of anilines is 1. The Kier molecular flexibility index (Phi) is 4.08. The van der Waals surface area contributed by atoms with Crippen LogP contribution in [0.1, 0.15) is 21.5 Å². The van der Waals surface area contributed by atoms with Gasteiger partial charge in [0.05, 0.1) is 7.05 Å². The van der Waals surface area contributed by atoms with Gasteiger partial charge in [0.1, 0.15) is 6.61 Å². The van der Waals surface area contributed by atoms with Crippen LogP contribution in [-0.2, 0) is 7.05 Å². The standard InChI is InChI=1S/C13H13N5O2/c1-9-5-6-11(8-10(9)4-3-7-19)12(20)14-13-15-17-18(2)16-13/h5-6,8,19H,7H2,1-2H3,(H,14,16,20). The highest BCUT2D eigenvalue weighted by atomic mass is 16.2. The maximum atomic E-state index is 12.0. The van der Waals surface area contributed by atoms with E-state index in [4.69, 9.17) is 5.11 Å². The third kappa shape index (κ3) is 3.18. The van der Waals surface area contributed by atoms with Crippen LogP contribution in [0, 0.1) is 18.8 Å². The molecule has 0 spiro atoms. The summed E-state index contributed by atoms with van der Waals surface area (Å²) in [5, 5.41) is 22.4. The molecule has 0 radical (unpaired) electrons. The fourth-order valence-corrected chi connectivity index (χ4v) is 1.54. The summed E-state index contributed by atoms with van der Waals surface area (Å²) >= 11 is 0. The number of amides is 1. The Labute approximate surface area is 115 Å². The number of hydrogen-bond acceptors (Lipinski definition) is 5. The summed E-state index contributed by atoms with van der Waals surface area (Å²) in [6.45, 7) is 1.66. The fraction of sp³-hybridized carbons (Fsp3) is 0.231. The van der Waals surface area contributed by atoms with Gasteiger partial charge in [-0.1, -0.05) is 23.0 Å². The van der Waals surface area contributed by atoms with Crippen molar-refractivity contribution >= 4 is 11.9 Å². The van der Waals surface area contributed by atoms with Crippen LogP contribution in [-0.4, -0.2) is 37.8 Å². The Hall–Kier alpha value is -2.72. The highest BCUT2D eigenvalue weighted by Gasteiger charge is 2.10. The first kappa shape index (κ1) is 13.7. The van der Waals surface area contributed by atoms with E-state index in [1.165, 1.54) is 4.80 Å². The SMILES string of the molecule is Cc1ccc(C(=O)Nc2nnn(C)n2)cc1C#CCO. The van der Waals surface area contributed by atoms with Crippen LogP contribution in [0.4, 0.5) is 5.95 Å². The largest absolute Gasteiger partial charge is 0.384 e. The summed E-state index contributed by atoms with van der Waals surface area (Å²) in [7, 11) is 1.61. The minimum atomic E-state index is -0.343. The molecule has 1 aromatic carbocycles. The molecule has 0 saturated heterocycles. The molecule has 0 aliphatic rings. The Balaban J connectivity index is 2.22. The van der Waals surface area contributed by atoms with Crippen molar-refractivity contribution in [3.8, 4) is 11.8 Å². The molecule has 0 bridgehead atoms. The van der Waals surface area contributed by atoms with E-state index in [9.17, 15) is 4.79 Å². The van der Waals surface area contributed by atoms with Gasteiger partial charge in [0, 0.05) is 11.1 Å². The van der Waals surface area contributed by atoms with E-state index in [0.29, 0.717) is 11.1 Å². The number of carbonyl (C=O) groups is 1. The van der Waals surface area contributed by atoms with Gasteiger partial charge < -0.3 is 5.11 Å². The summed E-state index contributed by atoms with van der Waals surface area (Å²) in [6.07, 6.45) is 0. The zero-order chi connectivity index (χ0) is 14.5. The molecule has 20 heavy (non-hydrogen) atoms. The van der Waals surface area contributed by atoms with Gasteiger partial charge in [-0.05, 0) is 29.8 Å². The second kappa shape index (κ2) is 5.95. The number of hydrogen-bond donors (Lipinski definition) is 2. The van der Waals surface area contributed by atoms with Crippen molar-refractivity contribution in [2.75, 3.05) is 11.9 Å². The predicted molar refractivity (Wildman–Crippen MR) is 71.9 cm³/mol. The molecule has 0 fully saturated rings. The minimum Gasteiger partial charge on any atom is -0.384 e. The number of aliphatic hydroxyl groups excluding tert-OH is 1. The zero-order valence-electron chi connectivity index (χ0n) is 11.1. The number of aliphatic hydroxyl groups is 1. The number of nitrogens with zero attached hydrogens (tertiary/aromatic N) is 4. The van der Waals surface area contributed by atoms with E-state index in [2.05, 4.69) is 32.6 Å².